The summed E-state index contributed by atoms with van der Waals surface area (Å²) in [5.74, 6) is -0.452. The van der Waals surface area contributed by atoms with Crippen molar-refractivity contribution in [2.45, 2.75) is 51.7 Å². The number of thiophene rings is 1. The minimum absolute atomic E-state index is 0.241. The molecule has 6 rings (SSSR count). The number of anilines is 1. The van der Waals surface area contributed by atoms with Gasteiger partial charge in [0, 0.05) is 41.2 Å². The summed E-state index contributed by atoms with van der Waals surface area (Å²) < 4.78 is 5.46. The quantitative estimate of drug-likeness (QED) is 0.312. The van der Waals surface area contributed by atoms with E-state index < -0.39 is 29.0 Å². The Kier molecular flexibility index (Phi) is 6.14. The van der Waals surface area contributed by atoms with Gasteiger partial charge in [0.15, 0.2) is 0 Å². The molecule has 2 aliphatic rings. The Bertz CT molecular complexity index is 1700. The molecule has 0 aliphatic carbocycles. The number of amides is 3. The van der Waals surface area contributed by atoms with Crippen LogP contribution in [0.2, 0.25) is 0 Å². The SMILES string of the molecule is CC1(NC(=O)OC(C)(C)C)CCN(c2nc(C3=C(c4c[nH]c5sccc45)C(=O)NC3=O)c3ccccc3n2)CC1. The lowest BCUT2D eigenvalue weighted by Crippen LogP contribution is -2.54. The second kappa shape index (κ2) is 9.44. The summed E-state index contributed by atoms with van der Waals surface area (Å²) in [6.45, 7) is 8.70. The van der Waals surface area contributed by atoms with Gasteiger partial charge in [0.1, 0.15) is 10.4 Å². The second-order valence-electron chi connectivity index (χ2n) is 11.5. The number of aromatic nitrogens is 3. The summed E-state index contributed by atoms with van der Waals surface area (Å²) in [5.41, 5.74) is 1.29. The molecule has 0 unspecified atom stereocenters. The monoisotopic (exact) mass is 558 g/mol. The Morgan fingerprint density at radius 2 is 1.77 bits per heavy atom. The van der Waals surface area contributed by atoms with Gasteiger partial charge in [-0.25, -0.2) is 14.8 Å². The van der Waals surface area contributed by atoms with E-state index in [0.29, 0.717) is 59.6 Å². The van der Waals surface area contributed by atoms with Gasteiger partial charge in [-0.05, 0) is 58.0 Å². The van der Waals surface area contributed by atoms with E-state index in [9.17, 15) is 14.4 Å². The number of alkyl carbamates (subject to hydrolysis) is 1. The average Bonchev–Trinajstić information content (AvgIpc) is 3.57. The topological polar surface area (TPSA) is 129 Å². The number of piperidine rings is 1. The minimum atomic E-state index is -0.576. The Morgan fingerprint density at radius 1 is 1.05 bits per heavy atom. The maximum atomic E-state index is 13.3. The summed E-state index contributed by atoms with van der Waals surface area (Å²) in [6, 6.07) is 9.43. The van der Waals surface area contributed by atoms with Crippen LogP contribution in [0.5, 0.6) is 0 Å². The first-order chi connectivity index (χ1) is 19.0. The number of para-hydroxylation sites is 1. The van der Waals surface area contributed by atoms with Gasteiger partial charge in [-0.3, -0.25) is 14.9 Å². The van der Waals surface area contributed by atoms with Gasteiger partial charge in [0.05, 0.1) is 22.4 Å². The minimum Gasteiger partial charge on any atom is -0.444 e. The van der Waals surface area contributed by atoms with Crippen molar-refractivity contribution in [2.75, 3.05) is 18.0 Å². The van der Waals surface area contributed by atoms with Gasteiger partial charge < -0.3 is 19.9 Å². The molecular weight excluding hydrogens is 528 g/mol. The number of carbonyl (C=O) groups is 3. The van der Waals surface area contributed by atoms with Gasteiger partial charge >= 0.3 is 6.09 Å². The molecule has 0 bridgehead atoms. The number of rotatable bonds is 4. The number of nitrogens with zero attached hydrogens (tertiary/aromatic N) is 3. The van der Waals surface area contributed by atoms with E-state index >= 15 is 0 Å². The van der Waals surface area contributed by atoms with Crippen LogP contribution in [0.25, 0.3) is 32.3 Å². The Hall–Kier alpha value is -4.25. The van der Waals surface area contributed by atoms with Crippen LogP contribution in [0.3, 0.4) is 0 Å². The zero-order valence-electron chi connectivity index (χ0n) is 22.8. The van der Waals surface area contributed by atoms with E-state index in [4.69, 9.17) is 14.7 Å². The van der Waals surface area contributed by atoms with E-state index in [1.54, 1.807) is 6.20 Å². The highest BCUT2D eigenvalue weighted by atomic mass is 32.1. The van der Waals surface area contributed by atoms with Crippen LogP contribution >= 0.6 is 11.3 Å². The van der Waals surface area contributed by atoms with E-state index in [1.807, 2.05) is 63.4 Å². The van der Waals surface area contributed by atoms with Gasteiger partial charge in [-0.1, -0.05) is 18.2 Å². The van der Waals surface area contributed by atoms with Crippen LogP contribution in [0.4, 0.5) is 10.7 Å². The number of carbonyl (C=O) groups excluding carboxylic acids is 3. The molecule has 0 saturated carbocycles. The summed E-state index contributed by atoms with van der Waals surface area (Å²) in [6.07, 6.45) is 2.64. The molecule has 3 amide bonds. The number of H-pyrrole nitrogens is 1. The number of aromatic amines is 1. The normalized spacial score (nSPS) is 17.6. The molecule has 206 valence electrons. The summed E-state index contributed by atoms with van der Waals surface area (Å²) in [5, 5.41) is 9.02. The number of nitrogens with one attached hydrogen (secondary N) is 3. The lowest BCUT2D eigenvalue weighted by molar-refractivity contribution is -0.122. The van der Waals surface area contributed by atoms with Crippen LogP contribution in [-0.2, 0) is 14.3 Å². The van der Waals surface area contributed by atoms with Gasteiger partial charge in [-0.15, -0.1) is 11.3 Å². The maximum Gasteiger partial charge on any atom is 0.408 e. The zero-order chi connectivity index (χ0) is 28.2. The third-order valence-electron chi connectivity index (χ3n) is 7.28. The number of fused-ring (bicyclic) bond motifs is 2. The molecule has 1 fully saturated rings. The Labute approximate surface area is 234 Å². The highest BCUT2D eigenvalue weighted by Crippen LogP contribution is 2.38. The van der Waals surface area contributed by atoms with Crippen LogP contribution in [0, 0.1) is 0 Å². The Balaban J connectivity index is 1.37. The fourth-order valence-electron chi connectivity index (χ4n) is 5.27. The number of imide groups is 1. The third-order valence-corrected chi connectivity index (χ3v) is 8.13. The van der Waals surface area contributed by atoms with Gasteiger partial charge in [0.25, 0.3) is 11.8 Å². The van der Waals surface area contributed by atoms with Crippen molar-refractivity contribution in [3.63, 3.8) is 0 Å². The van der Waals surface area contributed by atoms with Crippen molar-refractivity contribution >= 4 is 67.5 Å². The molecule has 3 aromatic heterocycles. The molecule has 0 radical (unpaired) electrons. The zero-order valence-corrected chi connectivity index (χ0v) is 23.6. The fraction of sp³-hybridized carbons (Fsp3) is 0.345. The predicted molar refractivity (Wildman–Crippen MR) is 155 cm³/mol. The first-order valence-electron chi connectivity index (χ1n) is 13.2. The molecule has 0 atom stereocenters. The highest BCUT2D eigenvalue weighted by Gasteiger charge is 2.37. The third kappa shape index (κ3) is 4.70. The van der Waals surface area contributed by atoms with Crippen molar-refractivity contribution in [1.29, 1.82) is 0 Å². The van der Waals surface area contributed by atoms with Crippen molar-refractivity contribution in [3.05, 3.63) is 53.2 Å². The van der Waals surface area contributed by atoms with E-state index in [0.717, 1.165) is 10.2 Å². The second-order valence-corrected chi connectivity index (χ2v) is 12.4. The highest BCUT2D eigenvalue weighted by molar-refractivity contribution is 7.16. The molecule has 1 saturated heterocycles. The fourth-order valence-corrected chi connectivity index (χ4v) is 6.04. The van der Waals surface area contributed by atoms with Crippen LogP contribution in [0.1, 0.15) is 51.8 Å². The van der Waals surface area contributed by atoms with Gasteiger partial charge in [0.2, 0.25) is 5.95 Å². The molecule has 40 heavy (non-hydrogen) atoms. The van der Waals surface area contributed by atoms with E-state index in [-0.39, 0.29) is 5.57 Å². The van der Waals surface area contributed by atoms with Crippen molar-refractivity contribution in [1.82, 2.24) is 25.6 Å². The smallest absolute Gasteiger partial charge is 0.408 e. The lowest BCUT2D eigenvalue weighted by Gasteiger charge is -2.40. The van der Waals surface area contributed by atoms with Crippen LogP contribution in [-0.4, -0.2) is 57.1 Å². The molecule has 1 aromatic carbocycles. The summed E-state index contributed by atoms with van der Waals surface area (Å²) in [4.78, 5) is 54.7. The van der Waals surface area contributed by atoms with E-state index in [2.05, 4.69) is 20.5 Å². The van der Waals surface area contributed by atoms with Crippen molar-refractivity contribution in [3.8, 4) is 0 Å². The van der Waals surface area contributed by atoms with E-state index in [1.165, 1.54) is 11.3 Å². The molecule has 5 heterocycles. The number of hydrogen-bond donors (Lipinski definition) is 3. The number of benzene rings is 1. The van der Waals surface area contributed by atoms with Crippen LogP contribution in [0.15, 0.2) is 41.9 Å². The molecule has 0 spiro atoms. The average molecular weight is 559 g/mol. The molecule has 3 N–H and O–H groups in total. The summed E-state index contributed by atoms with van der Waals surface area (Å²) >= 11 is 1.53. The molecule has 10 nitrogen and oxygen atoms in total. The van der Waals surface area contributed by atoms with Crippen LogP contribution < -0.4 is 15.5 Å². The maximum absolute atomic E-state index is 13.3. The first kappa shape index (κ1) is 26.0. The summed E-state index contributed by atoms with van der Waals surface area (Å²) in [7, 11) is 0. The molecule has 2 aliphatic heterocycles. The first-order valence-corrected chi connectivity index (χ1v) is 14.1. The standard InChI is InChI=1S/C29H30N6O4S/c1-28(2,3)39-27(38)34-29(4)10-12-35(13-11-29)26-31-19-8-6-5-7-17(19)22(32-26)21-20(23(36)33-24(21)37)18-15-30-25-16(18)9-14-40-25/h5-9,14-15,30H,10-13H2,1-4H3,(H,34,38)(H,33,36,37). The lowest BCUT2D eigenvalue weighted by atomic mass is 9.90. The van der Waals surface area contributed by atoms with Crippen molar-refractivity contribution in [2.24, 2.45) is 0 Å². The van der Waals surface area contributed by atoms with Gasteiger partial charge in [-0.2, -0.15) is 0 Å². The number of hydrogen-bond acceptors (Lipinski definition) is 8. The molecule has 11 heteroatoms. The number of ether oxygens (including phenoxy) is 1. The Morgan fingerprint density at radius 3 is 2.52 bits per heavy atom. The van der Waals surface area contributed by atoms with Crippen molar-refractivity contribution < 1.29 is 19.1 Å². The largest absolute Gasteiger partial charge is 0.444 e. The molecule has 4 aromatic rings. The predicted octanol–water partition coefficient (Wildman–Crippen LogP) is 4.62. The molecular formula is C29H30N6O4S.